The van der Waals surface area contributed by atoms with Crippen molar-refractivity contribution in [3.63, 3.8) is 0 Å². The first-order valence-electron chi connectivity index (χ1n) is 10.2. The van der Waals surface area contributed by atoms with E-state index < -0.39 is 28.6 Å². The van der Waals surface area contributed by atoms with Crippen LogP contribution < -0.4 is 10.6 Å². The molecule has 0 saturated heterocycles. The van der Waals surface area contributed by atoms with E-state index >= 15 is 0 Å². The zero-order chi connectivity index (χ0) is 25.2. The molecule has 0 aliphatic carbocycles. The van der Waals surface area contributed by atoms with Crippen LogP contribution >= 0.6 is 11.6 Å². The van der Waals surface area contributed by atoms with Crippen LogP contribution in [0.15, 0.2) is 67.1 Å². The predicted molar refractivity (Wildman–Crippen MR) is 125 cm³/mol. The average Bonchev–Trinajstić information content (AvgIpc) is 3.35. The normalized spacial score (nSPS) is 11.2. The predicted octanol–water partition coefficient (Wildman–Crippen LogP) is 5.96. The van der Waals surface area contributed by atoms with Gasteiger partial charge in [-0.2, -0.15) is 13.2 Å². The highest BCUT2D eigenvalue weighted by molar-refractivity contribution is 6.31. The van der Waals surface area contributed by atoms with Crippen LogP contribution in [0.5, 0.6) is 0 Å². The summed E-state index contributed by atoms with van der Waals surface area (Å²) < 4.78 is 39.3. The van der Waals surface area contributed by atoms with Gasteiger partial charge < -0.3 is 15.6 Å². The second-order valence-corrected chi connectivity index (χ2v) is 7.91. The number of aryl methyl sites for hydroxylation is 1. The van der Waals surface area contributed by atoms with E-state index in [4.69, 9.17) is 11.6 Å². The topological polar surface area (TPSA) is 99.8 Å². The van der Waals surface area contributed by atoms with Gasteiger partial charge in [-0.25, -0.2) is 4.98 Å². The molecule has 7 nitrogen and oxygen atoms in total. The summed E-state index contributed by atoms with van der Waals surface area (Å²) in [6.45, 7) is 1.72. The Balaban J connectivity index is 1.50. The van der Waals surface area contributed by atoms with E-state index in [2.05, 4.69) is 25.6 Å². The van der Waals surface area contributed by atoms with Crippen molar-refractivity contribution in [1.29, 1.82) is 0 Å². The molecule has 3 N–H and O–H groups in total. The number of nitrogens with zero attached hydrogens (tertiary/aromatic N) is 2. The summed E-state index contributed by atoms with van der Waals surface area (Å²) in [5.41, 5.74) is 0.848. The fourth-order valence-electron chi connectivity index (χ4n) is 3.24. The van der Waals surface area contributed by atoms with Crippen molar-refractivity contribution in [2.24, 2.45) is 0 Å². The largest absolute Gasteiger partial charge is 0.417 e. The molecule has 2 amide bonds. The van der Waals surface area contributed by atoms with E-state index in [-0.39, 0.29) is 16.8 Å². The number of nitrogens with one attached hydrogen (secondary N) is 3. The number of H-pyrrole nitrogens is 1. The lowest BCUT2D eigenvalue weighted by Gasteiger charge is -2.13. The van der Waals surface area contributed by atoms with Crippen molar-refractivity contribution >= 4 is 34.8 Å². The van der Waals surface area contributed by atoms with Gasteiger partial charge in [-0.3, -0.25) is 14.6 Å². The number of aromatic nitrogens is 3. The van der Waals surface area contributed by atoms with E-state index in [1.165, 1.54) is 18.3 Å². The maximum atomic E-state index is 13.1. The number of imidazole rings is 1. The van der Waals surface area contributed by atoms with E-state index in [1.54, 1.807) is 43.6 Å². The molecular formula is C24H17ClF3N5O2. The van der Waals surface area contributed by atoms with Gasteiger partial charge >= 0.3 is 6.18 Å². The molecule has 0 aliphatic rings. The molecule has 4 aromatic rings. The summed E-state index contributed by atoms with van der Waals surface area (Å²) >= 11 is 5.61. The van der Waals surface area contributed by atoms with Crippen LogP contribution in [0.2, 0.25) is 5.02 Å². The summed E-state index contributed by atoms with van der Waals surface area (Å²) in [6.07, 6.45) is 0.0514. The van der Waals surface area contributed by atoms with Crippen LogP contribution in [-0.4, -0.2) is 26.8 Å². The molecule has 2 heterocycles. The Morgan fingerprint density at radius 2 is 1.69 bits per heavy atom. The highest BCUT2D eigenvalue weighted by Crippen LogP contribution is 2.35. The van der Waals surface area contributed by atoms with Gasteiger partial charge in [0.1, 0.15) is 5.69 Å². The first-order valence-corrected chi connectivity index (χ1v) is 10.6. The first-order chi connectivity index (χ1) is 16.6. The molecule has 0 spiro atoms. The summed E-state index contributed by atoms with van der Waals surface area (Å²) in [5, 5.41) is 4.74. The summed E-state index contributed by atoms with van der Waals surface area (Å²) in [4.78, 5) is 36.7. The van der Waals surface area contributed by atoms with Crippen molar-refractivity contribution in [2.45, 2.75) is 13.1 Å². The van der Waals surface area contributed by atoms with Crippen LogP contribution in [-0.2, 0) is 6.18 Å². The highest BCUT2D eigenvalue weighted by Gasteiger charge is 2.33. The fraction of sp³-hybridized carbons (Fsp3) is 0.0833. The molecule has 0 atom stereocenters. The number of alkyl halides is 3. The highest BCUT2D eigenvalue weighted by atomic mass is 35.5. The number of benzene rings is 2. The van der Waals surface area contributed by atoms with Gasteiger partial charge in [-0.1, -0.05) is 17.7 Å². The molecule has 0 aliphatic heterocycles. The van der Waals surface area contributed by atoms with Gasteiger partial charge in [0, 0.05) is 29.2 Å². The van der Waals surface area contributed by atoms with Crippen molar-refractivity contribution in [3.8, 4) is 11.5 Å². The molecule has 0 bridgehead atoms. The number of carbonyl (C=O) groups is 2. The lowest BCUT2D eigenvalue weighted by molar-refractivity contribution is -0.137. The van der Waals surface area contributed by atoms with Crippen LogP contribution in [0, 0.1) is 6.92 Å². The molecule has 178 valence electrons. The quantitative estimate of drug-likeness (QED) is 0.315. The zero-order valence-corrected chi connectivity index (χ0v) is 18.8. The number of anilines is 2. The third-order valence-electron chi connectivity index (χ3n) is 5.04. The zero-order valence-electron chi connectivity index (χ0n) is 18.1. The van der Waals surface area contributed by atoms with Crippen LogP contribution in [0.1, 0.15) is 31.8 Å². The Hall–Kier alpha value is -4.18. The summed E-state index contributed by atoms with van der Waals surface area (Å²) in [6, 6.07) is 10.8. The number of carbonyl (C=O) groups excluding carboxylic acids is 2. The summed E-state index contributed by atoms with van der Waals surface area (Å²) in [7, 11) is 0. The second-order valence-electron chi connectivity index (χ2n) is 7.50. The lowest BCUT2D eigenvalue weighted by atomic mass is 10.1. The first kappa shape index (κ1) is 24.0. The molecule has 0 radical (unpaired) electrons. The van der Waals surface area contributed by atoms with Gasteiger partial charge in [-0.05, 0) is 55.0 Å². The molecule has 11 heteroatoms. The minimum Gasteiger partial charge on any atom is -0.343 e. The third kappa shape index (κ3) is 5.49. The molecule has 0 saturated carbocycles. The fourth-order valence-corrected chi connectivity index (χ4v) is 3.47. The molecular weight excluding hydrogens is 483 g/mol. The molecule has 0 unspecified atom stereocenters. The number of pyridine rings is 1. The minimum absolute atomic E-state index is 0.226. The second kappa shape index (κ2) is 9.59. The Labute approximate surface area is 202 Å². The maximum Gasteiger partial charge on any atom is 0.417 e. The van der Waals surface area contributed by atoms with Crippen LogP contribution in [0.3, 0.4) is 0 Å². The number of hydrogen-bond acceptors (Lipinski definition) is 4. The van der Waals surface area contributed by atoms with E-state index in [0.717, 1.165) is 6.07 Å². The number of amides is 2. The lowest BCUT2D eigenvalue weighted by Crippen LogP contribution is -2.16. The third-order valence-corrected chi connectivity index (χ3v) is 5.37. The Morgan fingerprint density at radius 1 is 0.943 bits per heavy atom. The Kier molecular flexibility index (Phi) is 6.57. The molecule has 35 heavy (non-hydrogen) atoms. The van der Waals surface area contributed by atoms with Gasteiger partial charge in [0.25, 0.3) is 11.8 Å². The van der Waals surface area contributed by atoms with Crippen molar-refractivity contribution in [2.75, 3.05) is 10.6 Å². The molecule has 0 fully saturated rings. The monoisotopic (exact) mass is 499 g/mol. The minimum atomic E-state index is -4.70. The number of hydrogen-bond donors (Lipinski definition) is 3. The number of rotatable bonds is 5. The van der Waals surface area contributed by atoms with Crippen molar-refractivity contribution in [1.82, 2.24) is 15.0 Å². The average molecular weight is 500 g/mol. The van der Waals surface area contributed by atoms with Crippen LogP contribution in [0.4, 0.5) is 24.5 Å². The standard InChI is InChI=1S/C24H17ClF3N5O2/c1-13-2-4-15(32-22(34)14-3-6-19(25)18(10-14)24(26,27)28)11-17(13)23(35)33-16-5-7-20(31-12-16)21-29-8-9-30-21/h2-12H,1H3,(H,29,30)(H,32,34)(H,33,35). The van der Waals surface area contributed by atoms with Gasteiger partial charge in [0.05, 0.1) is 22.5 Å². The smallest absolute Gasteiger partial charge is 0.343 e. The van der Waals surface area contributed by atoms with Gasteiger partial charge in [0.15, 0.2) is 5.82 Å². The number of aromatic amines is 1. The SMILES string of the molecule is Cc1ccc(NC(=O)c2ccc(Cl)c(C(F)(F)F)c2)cc1C(=O)Nc1ccc(-c2ncc[nH]2)nc1. The van der Waals surface area contributed by atoms with E-state index in [9.17, 15) is 22.8 Å². The van der Waals surface area contributed by atoms with Crippen molar-refractivity contribution < 1.29 is 22.8 Å². The maximum absolute atomic E-state index is 13.1. The van der Waals surface area contributed by atoms with E-state index in [1.807, 2.05) is 0 Å². The van der Waals surface area contributed by atoms with Gasteiger partial charge in [-0.15, -0.1) is 0 Å². The van der Waals surface area contributed by atoms with Crippen molar-refractivity contribution in [3.05, 3.63) is 94.4 Å². The Bertz CT molecular complexity index is 1390. The molecule has 2 aromatic carbocycles. The van der Waals surface area contributed by atoms with Crippen LogP contribution in [0.25, 0.3) is 11.5 Å². The number of halogens is 4. The Morgan fingerprint density at radius 3 is 2.34 bits per heavy atom. The summed E-state index contributed by atoms with van der Waals surface area (Å²) in [5.74, 6) is -0.637. The molecule has 2 aromatic heterocycles. The van der Waals surface area contributed by atoms with E-state index in [0.29, 0.717) is 28.8 Å². The molecule has 4 rings (SSSR count). The van der Waals surface area contributed by atoms with Gasteiger partial charge in [0.2, 0.25) is 0 Å².